The highest BCUT2D eigenvalue weighted by molar-refractivity contribution is 7.84. The van der Waals surface area contributed by atoms with Crippen LogP contribution in [0.25, 0.3) is 0 Å². The van der Waals surface area contributed by atoms with Gasteiger partial charge in [0.2, 0.25) is 0 Å². The molecule has 2 aromatic carbocycles. The van der Waals surface area contributed by atoms with E-state index in [1.54, 1.807) is 12.1 Å². The highest BCUT2D eigenvalue weighted by atomic mass is 32.2. The molecule has 3 rings (SSSR count). The maximum Gasteiger partial charge on any atom is 0.373 e. The zero-order valence-corrected chi connectivity index (χ0v) is 17.5. The monoisotopic (exact) mass is 403 g/mol. The van der Waals surface area contributed by atoms with E-state index in [0.717, 1.165) is 17.1 Å². The Bertz CT molecular complexity index is 840. The first-order valence-corrected chi connectivity index (χ1v) is 11.3. The van der Waals surface area contributed by atoms with Gasteiger partial charge in [0.25, 0.3) is 0 Å². The standard InChI is InChI=1S/C22H29NO4S/c1-23(2)28(24,25)27-26-21-15-13-20(14-16-21)22(19-11-7-6-8-12-19)17-9-4-3-5-10-18-22/h6-8,11-16H,3-5,9-10,17-18H2,1-2H3. The van der Waals surface area contributed by atoms with Crippen LogP contribution >= 0.6 is 0 Å². The molecule has 5 nitrogen and oxygen atoms in total. The highest BCUT2D eigenvalue weighted by Crippen LogP contribution is 2.43. The Hall–Kier alpha value is -1.89. The van der Waals surface area contributed by atoms with Crippen molar-refractivity contribution in [2.45, 2.75) is 50.4 Å². The van der Waals surface area contributed by atoms with Crippen LogP contribution in [0.5, 0.6) is 5.75 Å². The van der Waals surface area contributed by atoms with Crippen LogP contribution in [0.4, 0.5) is 0 Å². The zero-order chi connectivity index (χ0) is 20.0. The Morgan fingerprint density at radius 3 is 1.89 bits per heavy atom. The number of rotatable bonds is 6. The molecule has 0 amide bonds. The van der Waals surface area contributed by atoms with Crippen molar-refractivity contribution in [3.63, 3.8) is 0 Å². The SMILES string of the molecule is CN(C)S(=O)(=O)OOc1ccc(C2(c3ccccc3)CCCCCCC2)cc1. The van der Waals surface area contributed by atoms with E-state index in [4.69, 9.17) is 4.89 Å². The molecule has 0 aliphatic heterocycles. The third-order valence-corrected chi connectivity index (χ3v) is 6.74. The molecule has 0 bridgehead atoms. The number of hydrogen-bond donors (Lipinski definition) is 0. The fraction of sp³-hybridized carbons (Fsp3) is 0.455. The zero-order valence-electron chi connectivity index (χ0n) is 16.6. The van der Waals surface area contributed by atoms with Crippen molar-refractivity contribution < 1.29 is 17.6 Å². The number of nitrogens with zero attached hydrogens (tertiary/aromatic N) is 1. The molecule has 0 aromatic heterocycles. The van der Waals surface area contributed by atoms with Crippen molar-refractivity contribution in [2.24, 2.45) is 0 Å². The van der Waals surface area contributed by atoms with Crippen molar-refractivity contribution in [1.82, 2.24) is 4.31 Å². The first kappa shape index (κ1) is 20.8. The molecule has 0 atom stereocenters. The molecule has 28 heavy (non-hydrogen) atoms. The topological polar surface area (TPSA) is 55.8 Å². The summed E-state index contributed by atoms with van der Waals surface area (Å²) < 4.78 is 29.0. The molecule has 1 fully saturated rings. The van der Waals surface area contributed by atoms with Gasteiger partial charge in [0.05, 0.1) is 0 Å². The second kappa shape index (κ2) is 9.07. The van der Waals surface area contributed by atoms with Gasteiger partial charge < -0.3 is 4.89 Å². The summed E-state index contributed by atoms with van der Waals surface area (Å²) in [7, 11) is -1.10. The average molecular weight is 404 g/mol. The lowest BCUT2D eigenvalue weighted by atomic mass is 9.67. The van der Waals surface area contributed by atoms with E-state index in [9.17, 15) is 8.42 Å². The Morgan fingerprint density at radius 1 is 0.786 bits per heavy atom. The van der Waals surface area contributed by atoms with Crippen LogP contribution in [-0.4, -0.2) is 26.8 Å². The second-order valence-electron chi connectivity index (χ2n) is 7.63. The molecular formula is C22H29NO4S. The lowest BCUT2D eigenvalue weighted by Crippen LogP contribution is -2.29. The molecule has 1 aliphatic carbocycles. The molecule has 0 saturated heterocycles. The van der Waals surface area contributed by atoms with E-state index in [2.05, 4.69) is 34.7 Å². The van der Waals surface area contributed by atoms with Crippen molar-refractivity contribution in [3.8, 4) is 5.75 Å². The van der Waals surface area contributed by atoms with E-state index in [1.807, 2.05) is 12.1 Å². The summed E-state index contributed by atoms with van der Waals surface area (Å²) in [5.41, 5.74) is 2.57. The summed E-state index contributed by atoms with van der Waals surface area (Å²) in [5, 5.41) is 0. The normalized spacial score (nSPS) is 17.7. The maximum atomic E-state index is 11.7. The second-order valence-corrected chi connectivity index (χ2v) is 9.35. The first-order chi connectivity index (χ1) is 13.4. The minimum absolute atomic E-state index is 0.0171. The van der Waals surface area contributed by atoms with Crippen LogP contribution in [0.15, 0.2) is 54.6 Å². The predicted molar refractivity (Wildman–Crippen MR) is 110 cm³/mol. The Kier molecular flexibility index (Phi) is 6.75. The molecule has 0 radical (unpaired) electrons. The number of hydrogen-bond acceptors (Lipinski definition) is 4. The molecule has 0 spiro atoms. The van der Waals surface area contributed by atoms with Crippen molar-refractivity contribution in [3.05, 3.63) is 65.7 Å². The minimum Gasteiger partial charge on any atom is -0.320 e. The predicted octanol–water partition coefficient (Wildman–Crippen LogP) is 4.83. The largest absolute Gasteiger partial charge is 0.373 e. The summed E-state index contributed by atoms with van der Waals surface area (Å²) in [4.78, 5) is 5.03. The van der Waals surface area contributed by atoms with Crippen molar-refractivity contribution in [2.75, 3.05) is 14.1 Å². The Labute approximate surface area is 168 Å². The van der Waals surface area contributed by atoms with Gasteiger partial charge in [-0.05, 0) is 40.4 Å². The van der Waals surface area contributed by atoms with E-state index in [-0.39, 0.29) is 5.41 Å². The van der Waals surface area contributed by atoms with E-state index >= 15 is 0 Å². The van der Waals surface area contributed by atoms with Gasteiger partial charge >= 0.3 is 10.3 Å². The maximum absolute atomic E-state index is 11.7. The molecular weight excluding hydrogens is 374 g/mol. The van der Waals surface area contributed by atoms with E-state index in [1.165, 1.54) is 57.3 Å². The molecule has 0 N–H and O–H groups in total. The van der Waals surface area contributed by atoms with Gasteiger partial charge in [0.15, 0.2) is 5.75 Å². The molecule has 1 saturated carbocycles. The van der Waals surface area contributed by atoms with Gasteiger partial charge in [-0.2, -0.15) is 12.7 Å². The highest BCUT2D eigenvalue weighted by Gasteiger charge is 2.34. The van der Waals surface area contributed by atoms with Gasteiger partial charge in [-0.15, -0.1) is 0 Å². The summed E-state index contributed by atoms with van der Waals surface area (Å²) in [6, 6.07) is 18.3. The van der Waals surface area contributed by atoms with Gasteiger partial charge in [-0.3, -0.25) is 0 Å². The molecule has 0 unspecified atom stereocenters. The summed E-state index contributed by atoms with van der Waals surface area (Å²) in [6.45, 7) is 0. The van der Waals surface area contributed by atoms with Crippen LogP contribution in [0.1, 0.15) is 56.1 Å². The summed E-state index contributed by atoms with van der Waals surface area (Å²) in [5.74, 6) is 0.364. The van der Waals surface area contributed by atoms with E-state index in [0.29, 0.717) is 5.75 Å². The van der Waals surface area contributed by atoms with Gasteiger partial charge in [-0.1, -0.05) is 74.6 Å². The molecule has 152 valence electrons. The van der Waals surface area contributed by atoms with Crippen LogP contribution in [0.3, 0.4) is 0 Å². The third-order valence-electron chi connectivity index (χ3n) is 5.60. The fourth-order valence-corrected chi connectivity index (χ4v) is 4.27. The quantitative estimate of drug-likeness (QED) is 0.512. The smallest absolute Gasteiger partial charge is 0.320 e. The van der Waals surface area contributed by atoms with Crippen molar-refractivity contribution >= 4 is 10.3 Å². The lowest BCUT2D eigenvalue weighted by molar-refractivity contribution is -0.0980. The molecule has 6 heteroatoms. The van der Waals surface area contributed by atoms with Crippen molar-refractivity contribution in [1.29, 1.82) is 0 Å². The van der Waals surface area contributed by atoms with Gasteiger partial charge in [-0.25, -0.2) is 0 Å². The Morgan fingerprint density at radius 2 is 1.32 bits per heavy atom. The summed E-state index contributed by atoms with van der Waals surface area (Å²) >= 11 is 0. The fourth-order valence-electron chi connectivity index (χ4n) is 3.98. The molecule has 2 aromatic rings. The van der Waals surface area contributed by atoms with Gasteiger partial charge in [0, 0.05) is 19.5 Å². The third kappa shape index (κ3) is 4.74. The van der Waals surface area contributed by atoms with Crippen LogP contribution in [-0.2, 0) is 20.1 Å². The van der Waals surface area contributed by atoms with Crippen LogP contribution in [0.2, 0.25) is 0 Å². The van der Waals surface area contributed by atoms with E-state index < -0.39 is 10.3 Å². The summed E-state index contributed by atoms with van der Waals surface area (Å²) in [6.07, 6.45) is 8.49. The first-order valence-electron chi connectivity index (χ1n) is 9.89. The Balaban J connectivity index is 1.87. The minimum atomic E-state index is -3.88. The van der Waals surface area contributed by atoms with Crippen LogP contribution in [0, 0.1) is 0 Å². The molecule has 1 aliphatic rings. The lowest BCUT2D eigenvalue weighted by Gasteiger charge is -2.37. The van der Waals surface area contributed by atoms with Gasteiger partial charge in [0.1, 0.15) is 0 Å². The molecule has 0 heterocycles. The van der Waals surface area contributed by atoms with Crippen LogP contribution < -0.4 is 4.89 Å². The number of benzene rings is 2. The average Bonchev–Trinajstić information content (AvgIpc) is 2.68.